The quantitative estimate of drug-likeness (QED) is 0.652. The summed E-state index contributed by atoms with van der Waals surface area (Å²) >= 11 is 1.83. The highest BCUT2D eigenvalue weighted by atomic mass is 32.2. The Labute approximate surface area is 135 Å². The van der Waals surface area contributed by atoms with Crippen LogP contribution in [0.25, 0.3) is 0 Å². The van der Waals surface area contributed by atoms with Gasteiger partial charge in [-0.2, -0.15) is 0 Å². The van der Waals surface area contributed by atoms with Crippen molar-refractivity contribution in [1.82, 2.24) is 5.32 Å². The summed E-state index contributed by atoms with van der Waals surface area (Å²) in [7, 11) is 0. The van der Waals surface area contributed by atoms with Gasteiger partial charge in [0, 0.05) is 10.9 Å². The molecule has 0 aromatic heterocycles. The van der Waals surface area contributed by atoms with Gasteiger partial charge in [-0.05, 0) is 61.6 Å². The second-order valence-corrected chi connectivity index (χ2v) is 7.27. The number of hydrogen-bond acceptors (Lipinski definition) is 2. The van der Waals surface area contributed by atoms with E-state index in [0.29, 0.717) is 6.04 Å². The fourth-order valence-electron chi connectivity index (χ4n) is 3.60. The standard InChI is InChI=1S/C19H31NS/c1-4-14-20-19(16-8-6-15(5-2)7-9-16)17-10-12-18(21-3)13-11-17/h10-13,15-16,19-20H,4-9,14H2,1-3H3. The Morgan fingerprint density at radius 2 is 1.76 bits per heavy atom. The van der Waals surface area contributed by atoms with Crippen molar-refractivity contribution in [1.29, 1.82) is 0 Å². The summed E-state index contributed by atoms with van der Waals surface area (Å²) in [5, 5.41) is 3.82. The molecule has 1 aliphatic carbocycles. The summed E-state index contributed by atoms with van der Waals surface area (Å²) in [6, 6.07) is 9.78. The first-order valence-electron chi connectivity index (χ1n) is 8.65. The van der Waals surface area contributed by atoms with Gasteiger partial charge in [0.1, 0.15) is 0 Å². The maximum absolute atomic E-state index is 3.82. The maximum Gasteiger partial charge on any atom is 0.0348 e. The van der Waals surface area contributed by atoms with E-state index >= 15 is 0 Å². The van der Waals surface area contributed by atoms with Gasteiger partial charge >= 0.3 is 0 Å². The topological polar surface area (TPSA) is 12.0 Å². The van der Waals surface area contributed by atoms with E-state index in [2.05, 4.69) is 49.7 Å². The van der Waals surface area contributed by atoms with Crippen molar-refractivity contribution in [2.45, 2.75) is 63.3 Å². The van der Waals surface area contributed by atoms with Crippen molar-refractivity contribution in [2.24, 2.45) is 11.8 Å². The van der Waals surface area contributed by atoms with Crippen molar-refractivity contribution < 1.29 is 0 Å². The minimum absolute atomic E-state index is 0.554. The predicted molar refractivity (Wildman–Crippen MR) is 95.0 cm³/mol. The van der Waals surface area contributed by atoms with Crippen LogP contribution in [0.4, 0.5) is 0 Å². The average Bonchev–Trinajstić information content (AvgIpc) is 2.56. The second kappa shape index (κ2) is 8.85. The summed E-state index contributed by atoms with van der Waals surface area (Å²) in [4.78, 5) is 1.36. The van der Waals surface area contributed by atoms with E-state index in [9.17, 15) is 0 Å². The Morgan fingerprint density at radius 3 is 2.29 bits per heavy atom. The maximum atomic E-state index is 3.82. The first-order valence-corrected chi connectivity index (χ1v) is 9.88. The molecule has 0 saturated heterocycles. The molecule has 1 atom stereocenters. The number of thioether (sulfide) groups is 1. The fourth-order valence-corrected chi connectivity index (χ4v) is 4.01. The lowest BCUT2D eigenvalue weighted by Crippen LogP contribution is -2.31. The third kappa shape index (κ3) is 4.75. The molecule has 1 aliphatic rings. The zero-order valence-corrected chi connectivity index (χ0v) is 14.7. The molecule has 1 unspecified atom stereocenters. The van der Waals surface area contributed by atoms with Crippen LogP contribution in [0.15, 0.2) is 29.2 Å². The third-order valence-electron chi connectivity index (χ3n) is 5.03. The van der Waals surface area contributed by atoms with Gasteiger partial charge in [-0.1, -0.05) is 45.2 Å². The molecule has 0 spiro atoms. The zero-order chi connectivity index (χ0) is 15.1. The van der Waals surface area contributed by atoms with Crippen LogP contribution in [-0.2, 0) is 0 Å². The van der Waals surface area contributed by atoms with E-state index in [1.54, 1.807) is 0 Å². The van der Waals surface area contributed by atoms with Crippen LogP contribution < -0.4 is 5.32 Å². The highest BCUT2D eigenvalue weighted by Gasteiger charge is 2.27. The summed E-state index contributed by atoms with van der Waals surface area (Å²) in [5.41, 5.74) is 1.49. The average molecular weight is 306 g/mol. The zero-order valence-electron chi connectivity index (χ0n) is 13.9. The molecule has 2 rings (SSSR count). The van der Waals surface area contributed by atoms with Crippen LogP contribution in [0.2, 0.25) is 0 Å². The molecule has 21 heavy (non-hydrogen) atoms. The Morgan fingerprint density at radius 1 is 1.10 bits per heavy atom. The molecule has 1 N–H and O–H groups in total. The van der Waals surface area contributed by atoms with E-state index in [-0.39, 0.29) is 0 Å². The minimum Gasteiger partial charge on any atom is -0.310 e. The van der Waals surface area contributed by atoms with Crippen molar-refractivity contribution >= 4 is 11.8 Å². The molecule has 2 heteroatoms. The normalized spacial score (nSPS) is 24.0. The molecule has 1 saturated carbocycles. The lowest BCUT2D eigenvalue weighted by atomic mass is 9.76. The molecule has 1 fully saturated rings. The fraction of sp³-hybridized carbons (Fsp3) is 0.684. The van der Waals surface area contributed by atoms with Gasteiger partial charge in [-0.15, -0.1) is 11.8 Å². The highest BCUT2D eigenvalue weighted by molar-refractivity contribution is 7.98. The number of nitrogens with one attached hydrogen (secondary N) is 1. The van der Waals surface area contributed by atoms with Gasteiger partial charge in [0.15, 0.2) is 0 Å². The molecule has 0 bridgehead atoms. The molecule has 1 nitrogen and oxygen atoms in total. The molecule has 0 radical (unpaired) electrons. The molecule has 1 aromatic rings. The molecular weight excluding hydrogens is 274 g/mol. The Bertz CT molecular complexity index is 393. The second-order valence-electron chi connectivity index (χ2n) is 6.39. The van der Waals surface area contributed by atoms with Crippen LogP contribution in [0, 0.1) is 11.8 Å². The highest BCUT2D eigenvalue weighted by Crippen LogP contribution is 2.38. The summed E-state index contributed by atoms with van der Waals surface area (Å²) < 4.78 is 0. The van der Waals surface area contributed by atoms with E-state index < -0.39 is 0 Å². The monoisotopic (exact) mass is 305 g/mol. The lowest BCUT2D eigenvalue weighted by Gasteiger charge is -2.34. The largest absolute Gasteiger partial charge is 0.310 e. The van der Waals surface area contributed by atoms with Gasteiger partial charge in [0.25, 0.3) is 0 Å². The molecule has 1 aromatic carbocycles. The predicted octanol–water partition coefficient (Wildman–Crippen LogP) is 5.67. The Hall–Kier alpha value is -0.470. The Balaban J connectivity index is 2.06. The van der Waals surface area contributed by atoms with Crippen molar-refractivity contribution in [2.75, 3.05) is 12.8 Å². The SMILES string of the molecule is CCCNC(c1ccc(SC)cc1)C1CCC(CC)CC1. The van der Waals surface area contributed by atoms with Crippen molar-refractivity contribution in [3.05, 3.63) is 29.8 Å². The van der Waals surface area contributed by atoms with Crippen LogP contribution >= 0.6 is 11.8 Å². The van der Waals surface area contributed by atoms with Gasteiger partial charge in [-0.3, -0.25) is 0 Å². The first-order chi connectivity index (χ1) is 10.3. The van der Waals surface area contributed by atoms with E-state index in [4.69, 9.17) is 0 Å². The smallest absolute Gasteiger partial charge is 0.0348 e. The molecular formula is C19H31NS. The van der Waals surface area contributed by atoms with E-state index in [1.165, 1.54) is 49.0 Å². The van der Waals surface area contributed by atoms with Gasteiger partial charge < -0.3 is 5.32 Å². The molecule has 0 amide bonds. The first kappa shape index (κ1) is 16.9. The number of rotatable bonds is 7. The van der Waals surface area contributed by atoms with E-state index in [0.717, 1.165) is 18.4 Å². The van der Waals surface area contributed by atoms with Crippen LogP contribution in [0.1, 0.15) is 64.0 Å². The molecule has 0 heterocycles. The van der Waals surface area contributed by atoms with Gasteiger partial charge in [0.2, 0.25) is 0 Å². The summed E-state index contributed by atoms with van der Waals surface area (Å²) in [6.45, 7) is 5.73. The van der Waals surface area contributed by atoms with Crippen LogP contribution in [0.5, 0.6) is 0 Å². The van der Waals surface area contributed by atoms with Gasteiger partial charge in [-0.25, -0.2) is 0 Å². The van der Waals surface area contributed by atoms with E-state index in [1.807, 2.05) is 11.8 Å². The lowest BCUT2D eigenvalue weighted by molar-refractivity contribution is 0.219. The number of hydrogen-bond donors (Lipinski definition) is 1. The minimum atomic E-state index is 0.554. The Kier molecular flexibility index (Phi) is 7.12. The number of benzene rings is 1. The van der Waals surface area contributed by atoms with Crippen molar-refractivity contribution in [3.63, 3.8) is 0 Å². The molecule has 0 aliphatic heterocycles. The van der Waals surface area contributed by atoms with Crippen LogP contribution in [-0.4, -0.2) is 12.8 Å². The van der Waals surface area contributed by atoms with Crippen molar-refractivity contribution in [3.8, 4) is 0 Å². The molecule has 118 valence electrons. The summed E-state index contributed by atoms with van der Waals surface area (Å²) in [5.74, 6) is 1.80. The summed E-state index contributed by atoms with van der Waals surface area (Å²) in [6.07, 6.45) is 10.4. The van der Waals surface area contributed by atoms with Crippen LogP contribution in [0.3, 0.4) is 0 Å². The van der Waals surface area contributed by atoms with Gasteiger partial charge in [0.05, 0.1) is 0 Å². The third-order valence-corrected chi connectivity index (χ3v) is 5.77.